The number of Topliss-reactive ketones (excluding diaryl/α,β-unsaturated/α-hetero) is 1. The summed E-state index contributed by atoms with van der Waals surface area (Å²) in [7, 11) is 3.59. The third kappa shape index (κ3) is 3.63. The summed E-state index contributed by atoms with van der Waals surface area (Å²) in [5.74, 6) is -0.717. The second kappa shape index (κ2) is 8.44. The van der Waals surface area contributed by atoms with Gasteiger partial charge in [-0.15, -0.1) is 0 Å². The van der Waals surface area contributed by atoms with Gasteiger partial charge in [0, 0.05) is 32.2 Å². The number of anilines is 2. The zero-order chi connectivity index (χ0) is 22.8. The zero-order valence-electron chi connectivity index (χ0n) is 18.1. The van der Waals surface area contributed by atoms with Crippen LogP contribution in [-0.4, -0.2) is 37.0 Å². The van der Waals surface area contributed by atoms with Crippen molar-refractivity contribution in [3.05, 3.63) is 89.5 Å². The van der Waals surface area contributed by atoms with Crippen molar-refractivity contribution in [2.45, 2.75) is 6.92 Å². The fourth-order valence-corrected chi connectivity index (χ4v) is 3.85. The van der Waals surface area contributed by atoms with Crippen molar-refractivity contribution in [2.24, 2.45) is 0 Å². The quantitative estimate of drug-likeness (QED) is 0.351. The maximum atomic E-state index is 12.8. The van der Waals surface area contributed by atoms with E-state index in [2.05, 4.69) is 0 Å². The molecule has 0 fully saturated rings. The fourth-order valence-electron chi connectivity index (χ4n) is 3.85. The van der Waals surface area contributed by atoms with Crippen LogP contribution >= 0.6 is 0 Å². The van der Waals surface area contributed by atoms with Gasteiger partial charge in [0.15, 0.2) is 6.61 Å². The maximum absolute atomic E-state index is 12.8. The molecular weight excluding hydrogens is 404 g/mol. The van der Waals surface area contributed by atoms with Crippen LogP contribution < -0.4 is 9.80 Å². The van der Waals surface area contributed by atoms with Gasteiger partial charge in [0.1, 0.15) is 17.5 Å². The molecule has 1 aliphatic heterocycles. The van der Waals surface area contributed by atoms with E-state index in [1.54, 1.807) is 36.0 Å². The van der Waals surface area contributed by atoms with E-state index in [1.165, 1.54) is 0 Å². The van der Waals surface area contributed by atoms with Crippen LogP contribution in [0.1, 0.15) is 15.9 Å². The van der Waals surface area contributed by atoms with Crippen molar-refractivity contribution in [3.63, 3.8) is 0 Å². The first-order valence-corrected chi connectivity index (χ1v) is 10.1. The number of carbonyl (C=O) groups excluding carboxylic acids is 2. The SMILES string of the molecule is Cc1ccc(C(=O)OCC(=O)C(C#N)=C2N(C)c3ccccc3N2C)cc1-n1cccc1. The van der Waals surface area contributed by atoms with Gasteiger partial charge in [-0.1, -0.05) is 18.2 Å². The van der Waals surface area contributed by atoms with E-state index in [0.717, 1.165) is 22.6 Å². The Balaban J connectivity index is 1.53. The highest BCUT2D eigenvalue weighted by Crippen LogP contribution is 2.40. The predicted octanol–water partition coefficient (Wildman–Crippen LogP) is 3.83. The number of nitrogens with zero attached hydrogens (tertiary/aromatic N) is 4. The Morgan fingerprint density at radius 1 is 0.938 bits per heavy atom. The molecule has 0 radical (unpaired) electrons. The largest absolute Gasteiger partial charge is 0.454 e. The van der Waals surface area contributed by atoms with Crippen LogP contribution in [0.3, 0.4) is 0 Å². The number of nitriles is 1. The zero-order valence-corrected chi connectivity index (χ0v) is 18.1. The second-order valence-corrected chi connectivity index (χ2v) is 7.51. The number of ketones is 1. The Kier molecular flexibility index (Phi) is 5.52. The number of benzene rings is 2. The molecule has 0 aliphatic carbocycles. The predicted molar refractivity (Wildman–Crippen MR) is 122 cm³/mol. The number of hydrogen-bond donors (Lipinski definition) is 0. The molecule has 0 bridgehead atoms. The Bertz CT molecular complexity index is 1240. The van der Waals surface area contributed by atoms with E-state index in [1.807, 2.05) is 72.4 Å². The Morgan fingerprint density at radius 2 is 1.56 bits per heavy atom. The monoisotopic (exact) mass is 426 g/mol. The van der Waals surface area contributed by atoms with Gasteiger partial charge in [-0.3, -0.25) is 4.79 Å². The number of aryl methyl sites for hydroxylation is 1. The molecule has 0 saturated heterocycles. The summed E-state index contributed by atoms with van der Waals surface area (Å²) in [5.41, 5.74) is 3.90. The molecule has 4 rings (SSSR count). The molecule has 7 nitrogen and oxygen atoms in total. The lowest BCUT2D eigenvalue weighted by atomic mass is 10.1. The van der Waals surface area contributed by atoms with Crippen molar-refractivity contribution in [1.82, 2.24) is 4.57 Å². The molecule has 0 unspecified atom stereocenters. The molecule has 0 amide bonds. The normalized spacial score (nSPS) is 12.4. The summed E-state index contributed by atoms with van der Waals surface area (Å²) in [6.45, 7) is 1.43. The molecule has 2 heterocycles. The van der Waals surface area contributed by atoms with Crippen molar-refractivity contribution >= 4 is 23.1 Å². The van der Waals surface area contributed by atoms with Crippen LogP contribution in [0.5, 0.6) is 0 Å². The molecule has 0 atom stereocenters. The van der Waals surface area contributed by atoms with Crippen LogP contribution in [0, 0.1) is 18.3 Å². The average Bonchev–Trinajstić information content (AvgIpc) is 3.42. The number of carbonyl (C=O) groups is 2. The third-order valence-electron chi connectivity index (χ3n) is 5.52. The van der Waals surface area contributed by atoms with Gasteiger partial charge in [0.2, 0.25) is 5.78 Å². The molecule has 7 heteroatoms. The van der Waals surface area contributed by atoms with Gasteiger partial charge in [-0.2, -0.15) is 5.26 Å². The fraction of sp³-hybridized carbons (Fsp3) is 0.160. The van der Waals surface area contributed by atoms with Gasteiger partial charge < -0.3 is 19.1 Å². The highest BCUT2D eigenvalue weighted by molar-refractivity contribution is 6.04. The number of aromatic nitrogens is 1. The highest BCUT2D eigenvalue weighted by atomic mass is 16.5. The van der Waals surface area contributed by atoms with Gasteiger partial charge in [-0.05, 0) is 48.9 Å². The van der Waals surface area contributed by atoms with Crippen molar-refractivity contribution in [1.29, 1.82) is 5.26 Å². The molecule has 0 N–H and O–H groups in total. The summed E-state index contributed by atoms with van der Waals surface area (Å²) in [6.07, 6.45) is 3.78. The van der Waals surface area contributed by atoms with Crippen LogP contribution in [0.4, 0.5) is 11.4 Å². The first kappa shape index (κ1) is 20.9. The number of ether oxygens (including phenoxy) is 1. The standard InChI is InChI=1S/C25H22N4O3/c1-17-10-11-18(14-22(17)29-12-6-7-13-29)25(31)32-16-23(30)19(15-26)24-27(2)20-8-4-5-9-21(20)28(24)3/h4-14H,16H2,1-3H3. The Hall–Kier alpha value is -4.31. The van der Waals surface area contributed by atoms with Gasteiger partial charge in [0.05, 0.1) is 16.9 Å². The molecule has 2 aromatic carbocycles. The lowest BCUT2D eigenvalue weighted by Crippen LogP contribution is -2.27. The van der Waals surface area contributed by atoms with Gasteiger partial charge >= 0.3 is 5.97 Å². The summed E-state index contributed by atoms with van der Waals surface area (Å²) < 4.78 is 7.17. The van der Waals surface area contributed by atoms with E-state index in [4.69, 9.17) is 4.74 Å². The van der Waals surface area contributed by atoms with E-state index in [0.29, 0.717) is 11.4 Å². The van der Waals surface area contributed by atoms with Crippen molar-refractivity contribution in [3.8, 4) is 11.8 Å². The van der Waals surface area contributed by atoms with Crippen molar-refractivity contribution in [2.75, 3.05) is 30.5 Å². The minimum absolute atomic E-state index is 0.0593. The number of rotatable bonds is 5. The lowest BCUT2D eigenvalue weighted by Gasteiger charge is -2.19. The van der Waals surface area contributed by atoms with Crippen LogP contribution in [0.2, 0.25) is 0 Å². The molecule has 0 spiro atoms. The first-order valence-electron chi connectivity index (χ1n) is 10.1. The van der Waals surface area contributed by atoms with Crippen LogP contribution in [0.15, 0.2) is 78.4 Å². The van der Waals surface area contributed by atoms with E-state index >= 15 is 0 Å². The number of esters is 1. The minimum Gasteiger partial charge on any atom is -0.454 e. The maximum Gasteiger partial charge on any atom is 0.338 e. The molecule has 0 saturated carbocycles. The minimum atomic E-state index is -0.620. The molecular formula is C25H22N4O3. The van der Waals surface area contributed by atoms with E-state index in [-0.39, 0.29) is 5.57 Å². The topological polar surface area (TPSA) is 78.6 Å². The Labute approximate surface area is 186 Å². The number of fused-ring (bicyclic) bond motifs is 1. The molecule has 32 heavy (non-hydrogen) atoms. The van der Waals surface area contributed by atoms with E-state index in [9.17, 15) is 14.9 Å². The summed E-state index contributed by atoms with van der Waals surface area (Å²) in [6, 6.07) is 18.6. The molecule has 3 aromatic rings. The average molecular weight is 426 g/mol. The summed E-state index contributed by atoms with van der Waals surface area (Å²) >= 11 is 0. The van der Waals surface area contributed by atoms with Crippen LogP contribution in [0.25, 0.3) is 5.69 Å². The van der Waals surface area contributed by atoms with Crippen LogP contribution in [-0.2, 0) is 9.53 Å². The smallest absolute Gasteiger partial charge is 0.338 e. The number of para-hydroxylation sites is 2. The summed E-state index contributed by atoms with van der Waals surface area (Å²) in [5, 5.41) is 9.70. The second-order valence-electron chi connectivity index (χ2n) is 7.51. The lowest BCUT2D eigenvalue weighted by molar-refractivity contribution is -0.118. The first-order chi connectivity index (χ1) is 15.4. The Morgan fingerprint density at radius 3 is 2.16 bits per heavy atom. The summed E-state index contributed by atoms with van der Waals surface area (Å²) in [4.78, 5) is 29.0. The van der Waals surface area contributed by atoms with Gasteiger partial charge in [0.25, 0.3) is 0 Å². The molecule has 1 aromatic heterocycles. The van der Waals surface area contributed by atoms with Gasteiger partial charge in [-0.25, -0.2) is 4.79 Å². The molecule has 160 valence electrons. The molecule has 1 aliphatic rings. The third-order valence-corrected chi connectivity index (χ3v) is 5.52. The van der Waals surface area contributed by atoms with E-state index < -0.39 is 18.4 Å². The highest BCUT2D eigenvalue weighted by Gasteiger charge is 2.31. The number of hydrogen-bond acceptors (Lipinski definition) is 6. The van der Waals surface area contributed by atoms with Crippen molar-refractivity contribution < 1.29 is 14.3 Å².